The maximum Gasteiger partial charge on any atom is 0.279 e. The number of hydrogen-bond acceptors (Lipinski definition) is 5. The Balaban J connectivity index is 1.46. The number of hydrogen-bond donors (Lipinski definition) is 1. The quantitative estimate of drug-likeness (QED) is 0.531. The molecule has 1 aromatic carbocycles. The topological polar surface area (TPSA) is 85.8 Å². The number of pyridine rings is 1. The lowest BCUT2D eigenvalue weighted by Crippen LogP contribution is -2.16. The molecule has 3 heterocycles. The molecule has 0 radical (unpaired) electrons. The predicted molar refractivity (Wildman–Crippen MR) is 114 cm³/mol. The molecule has 4 aromatic rings. The van der Waals surface area contributed by atoms with E-state index in [1.807, 2.05) is 6.07 Å². The summed E-state index contributed by atoms with van der Waals surface area (Å²) >= 11 is 0. The van der Waals surface area contributed by atoms with E-state index in [0.717, 1.165) is 11.1 Å². The molecule has 7 heteroatoms. The van der Waals surface area contributed by atoms with Crippen LogP contribution in [-0.2, 0) is 12.0 Å². The van der Waals surface area contributed by atoms with Crippen molar-refractivity contribution < 1.29 is 9.32 Å². The van der Waals surface area contributed by atoms with Gasteiger partial charge in [-0.3, -0.25) is 9.78 Å². The lowest BCUT2D eigenvalue weighted by Gasteiger charge is -2.19. The number of aromatic nitrogens is 4. The smallest absolute Gasteiger partial charge is 0.279 e. The molecule has 4 rings (SSSR count). The Morgan fingerprint density at radius 2 is 1.90 bits per heavy atom. The van der Waals surface area contributed by atoms with Crippen molar-refractivity contribution in [3.63, 3.8) is 0 Å². The van der Waals surface area contributed by atoms with Crippen molar-refractivity contribution in [1.82, 2.24) is 19.9 Å². The van der Waals surface area contributed by atoms with Gasteiger partial charge in [0, 0.05) is 30.1 Å². The number of rotatable bonds is 5. The number of nitrogens with one attached hydrogen (secondary N) is 1. The molecule has 0 fully saturated rings. The molecule has 0 aliphatic rings. The molecule has 1 amide bonds. The lowest BCUT2D eigenvalue weighted by molar-refractivity contribution is 0.101. The maximum absolute atomic E-state index is 12.6. The zero-order valence-electron chi connectivity index (χ0n) is 17.2. The summed E-state index contributed by atoms with van der Waals surface area (Å²) in [6, 6.07) is 15.4. The highest BCUT2D eigenvalue weighted by molar-refractivity contribution is 6.02. The first-order chi connectivity index (χ1) is 14.4. The fourth-order valence-electron chi connectivity index (χ4n) is 3.06. The van der Waals surface area contributed by atoms with Gasteiger partial charge in [0.1, 0.15) is 5.82 Å². The monoisotopic (exact) mass is 401 g/mol. The number of carbonyl (C=O) groups is 1. The fourth-order valence-corrected chi connectivity index (χ4v) is 3.06. The SMILES string of the molecule is CC(C)(C)c1ccc(Cn2nccc2NC(=O)c2cc(-c3cccnc3)on2)cc1. The number of benzene rings is 1. The van der Waals surface area contributed by atoms with Crippen molar-refractivity contribution in [2.24, 2.45) is 0 Å². The van der Waals surface area contributed by atoms with Gasteiger partial charge in [0.05, 0.1) is 12.7 Å². The molecule has 0 saturated carbocycles. The van der Waals surface area contributed by atoms with Crippen LogP contribution in [0, 0.1) is 0 Å². The summed E-state index contributed by atoms with van der Waals surface area (Å²) in [7, 11) is 0. The van der Waals surface area contributed by atoms with Gasteiger partial charge in [0.15, 0.2) is 11.5 Å². The number of nitrogens with zero attached hydrogens (tertiary/aromatic N) is 4. The molecular weight excluding hydrogens is 378 g/mol. The molecule has 0 aliphatic heterocycles. The van der Waals surface area contributed by atoms with Crippen LogP contribution >= 0.6 is 0 Å². The third-order valence-electron chi connectivity index (χ3n) is 4.80. The van der Waals surface area contributed by atoms with E-state index in [2.05, 4.69) is 65.6 Å². The van der Waals surface area contributed by atoms with Crippen molar-refractivity contribution in [1.29, 1.82) is 0 Å². The Labute approximate surface area is 174 Å². The van der Waals surface area contributed by atoms with Crippen LogP contribution in [0.4, 0.5) is 5.82 Å². The molecule has 3 aromatic heterocycles. The molecule has 0 aliphatic carbocycles. The van der Waals surface area contributed by atoms with Gasteiger partial charge in [-0.2, -0.15) is 5.10 Å². The van der Waals surface area contributed by atoms with E-state index in [0.29, 0.717) is 18.1 Å². The Morgan fingerprint density at radius 1 is 1.10 bits per heavy atom. The Hall–Kier alpha value is -3.74. The molecule has 0 bridgehead atoms. The number of amides is 1. The Kier molecular flexibility index (Phi) is 5.18. The van der Waals surface area contributed by atoms with Crippen LogP contribution in [0.5, 0.6) is 0 Å². The highest BCUT2D eigenvalue weighted by Gasteiger charge is 2.16. The van der Waals surface area contributed by atoms with Gasteiger partial charge in [-0.25, -0.2) is 4.68 Å². The van der Waals surface area contributed by atoms with Gasteiger partial charge in [-0.1, -0.05) is 50.2 Å². The van der Waals surface area contributed by atoms with Crippen molar-refractivity contribution >= 4 is 11.7 Å². The van der Waals surface area contributed by atoms with Crippen LogP contribution in [0.3, 0.4) is 0 Å². The van der Waals surface area contributed by atoms with Gasteiger partial charge < -0.3 is 9.84 Å². The highest BCUT2D eigenvalue weighted by atomic mass is 16.5. The zero-order valence-corrected chi connectivity index (χ0v) is 17.2. The van der Waals surface area contributed by atoms with Crippen LogP contribution < -0.4 is 5.32 Å². The molecule has 0 atom stereocenters. The van der Waals surface area contributed by atoms with Gasteiger partial charge in [0.2, 0.25) is 0 Å². The predicted octanol–water partition coefficient (Wildman–Crippen LogP) is 4.53. The minimum atomic E-state index is -0.362. The third-order valence-corrected chi connectivity index (χ3v) is 4.80. The summed E-state index contributed by atoms with van der Waals surface area (Å²) < 4.78 is 7.02. The van der Waals surface area contributed by atoms with Crippen LogP contribution in [0.25, 0.3) is 11.3 Å². The fraction of sp³-hybridized carbons (Fsp3) is 0.217. The number of anilines is 1. The molecule has 7 nitrogen and oxygen atoms in total. The first kappa shape index (κ1) is 19.6. The van der Waals surface area contributed by atoms with Crippen LogP contribution in [-0.4, -0.2) is 25.8 Å². The molecular formula is C23H23N5O2. The van der Waals surface area contributed by atoms with Gasteiger partial charge in [0.25, 0.3) is 5.91 Å². The average Bonchev–Trinajstić information content (AvgIpc) is 3.39. The van der Waals surface area contributed by atoms with E-state index in [-0.39, 0.29) is 17.0 Å². The minimum Gasteiger partial charge on any atom is -0.355 e. The van der Waals surface area contributed by atoms with Crippen molar-refractivity contribution in [2.45, 2.75) is 32.7 Å². The average molecular weight is 401 g/mol. The first-order valence-corrected chi connectivity index (χ1v) is 9.70. The van der Waals surface area contributed by atoms with E-state index in [9.17, 15) is 4.79 Å². The minimum absolute atomic E-state index is 0.107. The van der Waals surface area contributed by atoms with Gasteiger partial charge >= 0.3 is 0 Å². The van der Waals surface area contributed by atoms with E-state index in [4.69, 9.17) is 4.52 Å². The summed E-state index contributed by atoms with van der Waals surface area (Å²) in [4.78, 5) is 16.7. The normalized spacial score (nSPS) is 11.4. The molecule has 1 N–H and O–H groups in total. The van der Waals surface area contributed by atoms with Crippen molar-refractivity contribution in [3.8, 4) is 11.3 Å². The summed E-state index contributed by atoms with van der Waals surface area (Å²) in [6.07, 6.45) is 4.98. The molecule has 0 unspecified atom stereocenters. The summed E-state index contributed by atoms with van der Waals surface area (Å²) in [5.41, 5.74) is 3.43. The van der Waals surface area contributed by atoms with Crippen molar-refractivity contribution in [2.75, 3.05) is 5.32 Å². The van der Waals surface area contributed by atoms with E-state index >= 15 is 0 Å². The molecule has 0 saturated heterocycles. The van der Waals surface area contributed by atoms with Crippen molar-refractivity contribution in [3.05, 3.63) is 83.9 Å². The Bertz CT molecular complexity index is 1140. The Morgan fingerprint density at radius 3 is 2.60 bits per heavy atom. The van der Waals surface area contributed by atoms with E-state index in [1.165, 1.54) is 5.56 Å². The first-order valence-electron chi connectivity index (χ1n) is 9.70. The summed E-state index contributed by atoms with van der Waals surface area (Å²) in [6.45, 7) is 7.11. The highest BCUT2D eigenvalue weighted by Crippen LogP contribution is 2.23. The van der Waals surface area contributed by atoms with Crippen LogP contribution in [0.15, 0.2) is 71.6 Å². The van der Waals surface area contributed by atoms with Crippen LogP contribution in [0.1, 0.15) is 42.4 Å². The molecule has 30 heavy (non-hydrogen) atoms. The second-order valence-electron chi connectivity index (χ2n) is 8.09. The van der Waals surface area contributed by atoms with Gasteiger partial charge in [-0.05, 0) is 28.7 Å². The van der Waals surface area contributed by atoms with Gasteiger partial charge in [-0.15, -0.1) is 0 Å². The number of carbonyl (C=O) groups excluding carboxylic acids is 1. The van der Waals surface area contributed by atoms with Crippen LogP contribution in [0.2, 0.25) is 0 Å². The second-order valence-corrected chi connectivity index (χ2v) is 8.09. The molecule has 0 spiro atoms. The third kappa shape index (κ3) is 4.30. The molecule has 152 valence electrons. The summed E-state index contributed by atoms with van der Waals surface area (Å²) in [5.74, 6) is 0.713. The summed E-state index contributed by atoms with van der Waals surface area (Å²) in [5, 5.41) is 11.1. The van der Waals surface area contributed by atoms with E-state index < -0.39 is 0 Å². The largest absolute Gasteiger partial charge is 0.355 e. The zero-order chi connectivity index (χ0) is 21.1. The van der Waals surface area contributed by atoms with E-state index in [1.54, 1.807) is 41.5 Å². The maximum atomic E-state index is 12.6. The lowest BCUT2D eigenvalue weighted by atomic mass is 9.87. The second kappa shape index (κ2) is 7.94. The standard InChI is InChI=1S/C23H23N5O2/c1-23(2,3)18-8-6-16(7-9-18)15-28-21(10-12-25-28)26-22(29)19-13-20(30-27-19)17-5-4-11-24-14-17/h4-14H,15H2,1-3H3,(H,26,29).